The van der Waals surface area contributed by atoms with Gasteiger partial charge in [0.25, 0.3) is 6.71 Å². The molecule has 0 radical (unpaired) electrons. The minimum absolute atomic E-state index is 0.0776. The van der Waals surface area contributed by atoms with Gasteiger partial charge in [0, 0.05) is 33.6 Å². The van der Waals surface area contributed by atoms with Gasteiger partial charge in [0.15, 0.2) is 0 Å². The fraction of sp³-hybridized carbons (Fsp3) is 0.0667. The molecular formula is C45H26B2N2S2. The molecule has 0 saturated heterocycles. The molecule has 0 N–H and O–H groups in total. The number of para-hydroxylation sites is 2. The van der Waals surface area contributed by atoms with Crippen molar-refractivity contribution in [3.8, 4) is 11.4 Å². The molecule has 7 heterocycles. The largest absolute Gasteiger partial charge is 0.308 e. The summed E-state index contributed by atoms with van der Waals surface area (Å²) in [6.07, 6.45) is 2.99. The van der Waals surface area contributed by atoms with Crippen LogP contribution in [0, 0.1) is 0 Å². The highest BCUT2D eigenvalue weighted by Gasteiger charge is 2.48. The van der Waals surface area contributed by atoms with Gasteiger partial charge < -0.3 is 9.13 Å². The molecule has 7 aromatic carbocycles. The predicted octanol–water partition coefficient (Wildman–Crippen LogP) is 6.50. The lowest BCUT2D eigenvalue weighted by Crippen LogP contribution is -2.65. The van der Waals surface area contributed by atoms with Crippen molar-refractivity contribution in [2.75, 3.05) is 0 Å². The summed E-state index contributed by atoms with van der Waals surface area (Å²) in [5.74, 6) is 0. The number of hydrogen-bond acceptors (Lipinski definition) is 2. The number of nitrogens with zero attached hydrogens (tertiary/aromatic N) is 2. The maximum Gasteiger partial charge on any atom is 0.253 e. The minimum atomic E-state index is 0.0776. The second-order valence-electron chi connectivity index (χ2n) is 15.1. The molecule has 0 spiro atoms. The molecule has 2 aromatic heterocycles. The number of rotatable bonds is 3. The molecule has 0 unspecified atom stereocenters. The average Bonchev–Trinajstić information content (AvgIpc) is 3.18. The van der Waals surface area contributed by atoms with Crippen molar-refractivity contribution >= 4 is 110 Å². The number of hydrogen-bond donors (Lipinski definition) is 0. The molecular weight excluding hydrogens is 654 g/mol. The Balaban J connectivity index is 1.33. The van der Waals surface area contributed by atoms with E-state index in [2.05, 4.69) is 130 Å². The van der Waals surface area contributed by atoms with Crippen molar-refractivity contribution in [2.45, 2.75) is 19.3 Å². The van der Waals surface area contributed by atoms with Gasteiger partial charge >= 0.3 is 0 Å². The molecule has 5 aliphatic rings. The second-order valence-corrected chi connectivity index (χ2v) is 17.2. The highest BCUT2D eigenvalue weighted by molar-refractivity contribution is 7.31. The van der Waals surface area contributed by atoms with Crippen LogP contribution in [0.1, 0.15) is 33.4 Å². The van der Waals surface area contributed by atoms with Gasteiger partial charge in [0.1, 0.15) is 0 Å². The van der Waals surface area contributed by atoms with E-state index in [-0.39, 0.29) is 13.4 Å². The summed E-state index contributed by atoms with van der Waals surface area (Å²) in [5.41, 5.74) is 26.4. The van der Waals surface area contributed by atoms with Crippen molar-refractivity contribution in [1.29, 1.82) is 0 Å². The summed E-state index contributed by atoms with van der Waals surface area (Å²) in [5, 5.41) is 0. The van der Waals surface area contributed by atoms with Gasteiger partial charge in [0.05, 0.1) is 31.5 Å². The lowest BCUT2D eigenvalue weighted by Gasteiger charge is -2.44. The number of aromatic nitrogens is 2. The number of benzene rings is 7. The van der Waals surface area contributed by atoms with Crippen molar-refractivity contribution in [3.05, 3.63) is 155 Å². The molecule has 0 bridgehead atoms. The van der Waals surface area contributed by atoms with Crippen molar-refractivity contribution < 1.29 is 0 Å². The van der Waals surface area contributed by atoms with E-state index in [1.807, 2.05) is 22.7 Å². The second kappa shape index (κ2) is 8.95. The zero-order chi connectivity index (χ0) is 32.7. The van der Waals surface area contributed by atoms with Gasteiger partial charge in [-0.25, -0.2) is 0 Å². The lowest BCUT2D eigenvalue weighted by atomic mass is 9.30. The molecule has 0 atom stereocenters. The fourth-order valence-corrected chi connectivity index (χ4v) is 13.6. The summed E-state index contributed by atoms with van der Waals surface area (Å²) in [4.78, 5) is 0. The highest BCUT2D eigenvalue weighted by Crippen LogP contribution is 2.46. The topological polar surface area (TPSA) is 9.86 Å². The van der Waals surface area contributed by atoms with Crippen LogP contribution in [0.25, 0.3) is 52.2 Å². The summed E-state index contributed by atoms with van der Waals surface area (Å²) < 4.78 is 11.2. The van der Waals surface area contributed by atoms with E-state index in [0.29, 0.717) is 0 Å². The Morgan fingerprint density at radius 3 is 1.41 bits per heavy atom. The van der Waals surface area contributed by atoms with Crippen LogP contribution in [0.3, 0.4) is 0 Å². The van der Waals surface area contributed by atoms with Gasteiger partial charge in [-0.3, -0.25) is 0 Å². The standard InChI is InChI=1S/C45H26B2N2S2/c1-3-11-30(12-4-1)46(31-13-5-2-6-14-31)37-44-42-36-43-45(37)51-33-16-8-10-27-23-29-20-18-25-21-24-17-19-28-22-26-9-7-15-32(50-44)38(26)48(42)40(28)34(24)47(36)35(25)41(29)49(43)39(27)33/h1-20H,21-23H2. The van der Waals surface area contributed by atoms with E-state index in [1.54, 1.807) is 10.9 Å². The van der Waals surface area contributed by atoms with Crippen molar-refractivity contribution in [1.82, 2.24) is 9.13 Å². The van der Waals surface area contributed by atoms with Crippen molar-refractivity contribution in [2.24, 2.45) is 0 Å². The Hall–Kier alpha value is -5.29. The SMILES string of the molecule is c1ccc(B(c2ccccc2)c2c3sc4cccc5c4n4c3c3c6c2sc2cccc7c2n6-c2c(ccc6c2B3c2c(ccc(c2-4)C5)C6)C7)cc1. The Morgan fingerprint density at radius 2 is 0.902 bits per heavy atom. The van der Waals surface area contributed by atoms with E-state index in [0.717, 1.165) is 19.3 Å². The average molecular weight is 680 g/mol. The van der Waals surface area contributed by atoms with Crippen LogP contribution < -0.4 is 32.8 Å². The summed E-state index contributed by atoms with van der Waals surface area (Å²) in [6.45, 7) is 0.318. The van der Waals surface area contributed by atoms with Gasteiger partial charge in [-0.2, -0.15) is 0 Å². The van der Waals surface area contributed by atoms with Crippen LogP contribution in [0.2, 0.25) is 0 Å². The molecule has 14 rings (SSSR count). The Kier molecular flexibility index (Phi) is 4.65. The Labute approximate surface area is 302 Å². The maximum absolute atomic E-state index is 2.77. The summed E-state index contributed by atoms with van der Waals surface area (Å²) >= 11 is 4.07. The Bertz CT molecular complexity index is 2970. The first-order valence-corrected chi connectivity index (χ1v) is 19.8. The van der Waals surface area contributed by atoms with Gasteiger partial charge in [0.2, 0.25) is 6.71 Å². The smallest absolute Gasteiger partial charge is 0.253 e. The predicted molar refractivity (Wildman–Crippen MR) is 219 cm³/mol. The van der Waals surface area contributed by atoms with Gasteiger partial charge in [-0.05, 0) is 73.8 Å². The Morgan fingerprint density at radius 1 is 0.431 bits per heavy atom. The molecule has 0 fully saturated rings. The molecule has 0 aliphatic carbocycles. The van der Waals surface area contributed by atoms with Crippen LogP contribution in [0.5, 0.6) is 0 Å². The molecule has 9 aromatic rings. The van der Waals surface area contributed by atoms with E-state index in [4.69, 9.17) is 0 Å². The summed E-state index contributed by atoms with van der Waals surface area (Å²) in [6, 6.07) is 46.6. The third kappa shape index (κ3) is 3.01. The molecule has 234 valence electrons. The van der Waals surface area contributed by atoms with E-state index < -0.39 is 0 Å². The van der Waals surface area contributed by atoms with Crippen LogP contribution >= 0.6 is 22.7 Å². The van der Waals surface area contributed by atoms with Crippen molar-refractivity contribution in [3.63, 3.8) is 0 Å². The van der Waals surface area contributed by atoms with Crippen LogP contribution in [-0.4, -0.2) is 22.6 Å². The first-order valence-electron chi connectivity index (χ1n) is 18.1. The molecule has 0 saturated carbocycles. The maximum atomic E-state index is 2.77. The van der Waals surface area contributed by atoms with Gasteiger partial charge in [-0.15, -0.1) is 22.7 Å². The van der Waals surface area contributed by atoms with E-state index >= 15 is 0 Å². The van der Waals surface area contributed by atoms with E-state index in [1.165, 1.54) is 107 Å². The zero-order valence-electron chi connectivity index (χ0n) is 27.5. The normalized spacial score (nSPS) is 14.4. The summed E-state index contributed by atoms with van der Waals surface area (Å²) in [7, 11) is 0. The monoisotopic (exact) mass is 680 g/mol. The highest BCUT2D eigenvalue weighted by atomic mass is 32.1. The minimum Gasteiger partial charge on any atom is -0.308 e. The quantitative estimate of drug-likeness (QED) is 0.149. The van der Waals surface area contributed by atoms with Crippen LogP contribution in [0.4, 0.5) is 0 Å². The molecule has 2 nitrogen and oxygen atoms in total. The van der Waals surface area contributed by atoms with Crippen LogP contribution in [0.15, 0.2) is 121 Å². The first kappa shape index (κ1) is 26.5. The van der Waals surface area contributed by atoms with Gasteiger partial charge in [-0.1, -0.05) is 120 Å². The molecule has 5 aliphatic heterocycles. The lowest BCUT2D eigenvalue weighted by molar-refractivity contribution is 1.01. The molecule has 51 heavy (non-hydrogen) atoms. The third-order valence-electron chi connectivity index (χ3n) is 12.7. The fourth-order valence-electron chi connectivity index (χ4n) is 10.9. The first-order chi connectivity index (χ1) is 25.3. The van der Waals surface area contributed by atoms with E-state index in [9.17, 15) is 0 Å². The van der Waals surface area contributed by atoms with Crippen LogP contribution in [-0.2, 0) is 19.3 Å². The zero-order valence-corrected chi connectivity index (χ0v) is 29.2. The molecule has 0 amide bonds. The molecule has 6 heteroatoms. The third-order valence-corrected chi connectivity index (χ3v) is 15.0.